The zero-order chi connectivity index (χ0) is 12.3. The second-order valence-corrected chi connectivity index (χ2v) is 3.58. The number of nitrogen functional groups attached to an aromatic ring is 2. The number of nitrogens with zero attached hydrogens (tertiary/aromatic N) is 3. The Morgan fingerprint density at radius 3 is 2.76 bits per heavy atom. The van der Waals surface area contributed by atoms with E-state index in [0.717, 1.165) is 0 Å². The molecule has 7 heteroatoms. The van der Waals surface area contributed by atoms with E-state index in [1.54, 1.807) is 19.1 Å². The zero-order valence-corrected chi connectivity index (χ0v) is 9.47. The first-order valence-corrected chi connectivity index (χ1v) is 5.20. The number of hydrogen-bond acceptors (Lipinski definition) is 7. The van der Waals surface area contributed by atoms with Crippen molar-refractivity contribution in [1.82, 2.24) is 15.1 Å². The lowest BCUT2D eigenvalue weighted by Crippen LogP contribution is -2.08. The number of rotatable bonds is 4. The van der Waals surface area contributed by atoms with E-state index in [9.17, 15) is 0 Å². The molecule has 90 valence electrons. The van der Waals surface area contributed by atoms with Gasteiger partial charge >= 0.3 is 0 Å². The van der Waals surface area contributed by atoms with Crippen molar-refractivity contribution in [3.8, 4) is 0 Å². The van der Waals surface area contributed by atoms with Crippen molar-refractivity contribution < 1.29 is 4.52 Å². The van der Waals surface area contributed by atoms with Crippen molar-refractivity contribution in [3.05, 3.63) is 23.8 Å². The van der Waals surface area contributed by atoms with Gasteiger partial charge < -0.3 is 21.3 Å². The summed E-state index contributed by atoms with van der Waals surface area (Å²) in [7, 11) is 0. The van der Waals surface area contributed by atoms with Gasteiger partial charge in [-0.1, -0.05) is 5.16 Å². The summed E-state index contributed by atoms with van der Waals surface area (Å²) in [5.41, 5.74) is 11.6. The third-order valence-corrected chi connectivity index (χ3v) is 2.17. The largest absolute Gasteiger partial charge is 0.396 e. The number of nitrogens with one attached hydrogen (secondary N) is 1. The molecule has 0 saturated heterocycles. The summed E-state index contributed by atoms with van der Waals surface area (Å²) in [5, 5.41) is 6.80. The van der Waals surface area contributed by atoms with Crippen LogP contribution in [0.5, 0.6) is 0 Å². The standard InChI is InChI=1S/C10H14N6O/c1-6-14-9(17-16-6)4-5-13-8-3-2-7(11)10(12)15-8/h2-3H,4-5,11H2,1H3,(H3,12,13,15). The molecule has 7 nitrogen and oxygen atoms in total. The molecular formula is C10H14N6O. The lowest BCUT2D eigenvalue weighted by molar-refractivity contribution is 0.377. The Labute approximate surface area is 98.2 Å². The molecule has 0 bridgehead atoms. The average Bonchev–Trinajstić information content (AvgIpc) is 2.70. The van der Waals surface area contributed by atoms with Gasteiger partial charge in [-0.2, -0.15) is 4.98 Å². The SMILES string of the molecule is Cc1noc(CCNc2ccc(N)c(N)n2)n1. The Morgan fingerprint density at radius 2 is 2.12 bits per heavy atom. The summed E-state index contributed by atoms with van der Waals surface area (Å²) in [6, 6.07) is 3.48. The molecule has 0 aliphatic carbocycles. The van der Waals surface area contributed by atoms with E-state index in [-0.39, 0.29) is 0 Å². The van der Waals surface area contributed by atoms with Crippen molar-refractivity contribution >= 4 is 17.3 Å². The third kappa shape index (κ3) is 2.83. The van der Waals surface area contributed by atoms with E-state index in [0.29, 0.717) is 42.0 Å². The van der Waals surface area contributed by atoms with E-state index in [2.05, 4.69) is 20.4 Å². The fraction of sp³-hybridized carbons (Fsp3) is 0.300. The summed E-state index contributed by atoms with van der Waals surface area (Å²) < 4.78 is 4.98. The van der Waals surface area contributed by atoms with E-state index in [4.69, 9.17) is 16.0 Å². The van der Waals surface area contributed by atoms with Gasteiger partial charge in [-0.05, 0) is 19.1 Å². The molecule has 0 radical (unpaired) electrons. The fourth-order valence-electron chi connectivity index (χ4n) is 1.32. The highest BCUT2D eigenvalue weighted by atomic mass is 16.5. The van der Waals surface area contributed by atoms with Crippen LogP contribution in [-0.4, -0.2) is 21.7 Å². The van der Waals surface area contributed by atoms with Crippen molar-refractivity contribution in [3.63, 3.8) is 0 Å². The average molecular weight is 234 g/mol. The number of aryl methyl sites for hydroxylation is 1. The molecule has 0 spiro atoms. The number of hydrogen-bond donors (Lipinski definition) is 3. The number of anilines is 3. The molecule has 0 atom stereocenters. The highest BCUT2D eigenvalue weighted by Crippen LogP contribution is 2.14. The first-order chi connectivity index (χ1) is 8.15. The molecule has 17 heavy (non-hydrogen) atoms. The van der Waals surface area contributed by atoms with Gasteiger partial charge in [0.15, 0.2) is 5.82 Å². The minimum absolute atomic E-state index is 0.323. The van der Waals surface area contributed by atoms with E-state index in [1.807, 2.05) is 0 Å². The van der Waals surface area contributed by atoms with Crippen LogP contribution < -0.4 is 16.8 Å². The molecule has 0 amide bonds. The van der Waals surface area contributed by atoms with Gasteiger partial charge in [-0.3, -0.25) is 0 Å². The minimum atomic E-state index is 0.323. The molecule has 0 unspecified atom stereocenters. The predicted molar refractivity (Wildman–Crippen MR) is 64.3 cm³/mol. The highest BCUT2D eigenvalue weighted by molar-refractivity contribution is 5.61. The van der Waals surface area contributed by atoms with Crippen molar-refractivity contribution in [1.29, 1.82) is 0 Å². The molecule has 2 aromatic rings. The first kappa shape index (κ1) is 11.2. The quantitative estimate of drug-likeness (QED) is 0.708. The molecule has 0 aliphatic rings. The Hall–Kier alpha value is -2.31. The van der Waals surface area contributed by atoms with Crippen LogP contribution in [0.4, 0.5) is 17.3 Å². The molecule has 2 rings (SSSR count). The molecular weight excluding hydrogens is 220 g/mol. The fourth-order valence-corrected chi connectivity index (χ4v) is 1.32. The van der Waals surface area contributed by atoms with E-state index < -0.39 is 0 Å². The second kappa shape index (κ2) is 4.69. The van der Waals surface area contributed by atoms with Gasteiger partial charge in [0, 0.05) is 13.0 Å². The number of nitrogens with two attached hydrogens (primary N) is 2. The van der Waals surface area contributed by atoms with Crippen LogP contribution in [0.3, 0.4) is 0 Å². The molecule has 2 aromatic heterocycles. The van der Waals surface area contributed by atoms with Crippen LogP contribution in [-0.2, 0) is 6.42 Å². The van der Waals surface area contributed by atoms with Gasteiger partial charge in [0.05, 0.1) is 5.69 Å². The summed E-state index contributed by atoms with van der Waals surface area (Å²) in [6.45, 7) is 2.42. The molecule has 2 heterocycles. The van der Waals surface area contributed by atoms with E-state index >= 15 is 0 Å². The molecule has 5 N–H and O–H groups in total. The molecule has 0 fully saturated rings. The van der Waals surface area contributed by atoms with Crippen LogP contribution in [0.1, 0.15) is 11.7 Å². The molecule has 0 aliphatic heterocycles. The van der Waals surface area contributed by atoms with Crippen LogP contribution in [0.25, 0.3) is 0 Å². The minimum Gasteiger partial charge on any atom is -0.396 e. The van der Waals surface area contributed by atoms with Crippen LogP contribution >= 0.6 is 0 Å². The van der Waals surface area contributed by atoms with Gasteiger partial charge in [0.25, 0.3) is 0 Å². The first-order valence-electron chi connectivity index (χ1n) is 5.20. The zero-order valence-electron chi connectivity index (χ0n) is 9.47. The smallest absolute Gasteiger partial charge is 0.228 e. The second-order valence-electron chi connectivity index (χ2n) is 3.58. The highest BCUT2D eigenvalue weighted by Gasteiger charge is 2.03. The normalized spacial score (nSPS) is 10.4. The maximum Gasteiger partial charge on any atom is 0.228 e. The topological polar surface area (TPSA) is 116 Å². The predicted octanol–water partition coefficient (Wildman–Crippen LogP) is 0.592. The Kier molecular flexibility index (Phi) is 3.08. The summed E-state index contributed by atoms with van der Waals surface area (Å²) in [5.74, 6) is 2.23. The van der Waals surface area contributed by atoms with Gasteiger partial charge in [0.1, 0.15) is 11.6 Å². The summed E-state index contributed by atoms with van der Waals surface area (Å²) in [4.78, 5) is 8.17. The number of pyridine rings is 1. The van der Waals surface area contributed by atoms with Crippen molar-refractivity contribution in [2.75, 3.05) is 23.3 Å². The van der Waals surface area contributed by atoms with Gasteiger partial charge in [0.2, 0.25) is 5.89 Å². The Balaban J connectivity index is 1.87. The van der Waals surface area contributed by atoms with Crippen molar-refractivity contribution in [2.45, 2.75) is 13.3 Å². The van der Waals surface area contributed by atoms with Crippen LogP contribution in [0.2, 0.25) is 0 Å². The van der Waals surface area contributed by atoms with Crippen LogP contribution in [0.15, 0.2) is 16.7 Å². The van der Waals surface area contributed by atoms with Crippen LogP contribution in [0, 0.1) is 6.92 Å². The maximum absolute atomic E-state index is 5.59. The van der Waals surface area contributed by atoms with E-state index in [1.165, 1.54) is 0 Å². The molecule has 0 aromatic carbocycles. The maximum atomic E-state index is 5.59. The molecule has 0 saturated carbocycles. The Morgan fingerprint density at radius 1 is 1.29 bits per heavy atom. The monoisotopic (exact) mass is 234 g/mol. The van der Waals surface area contributed by atoms with Gasteiger partial charge in [-0.25, -0.2) is 4.98 Å². The lowest BCUT2D eigenvalue weighted by atomic mass is 10.3. The Bertz CT molecular complexity index is 509. The number of aromatic nitrogens is 3. The van der Waals surface area contributed by atoms with Gasteiger partial charge in [-0.15, -0.1) is 0 Å². The van der Waals surface area contributed by atoms with Crippen molar-refractivity contribution in [2.24, 2.45) is 0 Å². The summed E-state index contributed by atoms with van der Waals surface area (Å²) in [6.07, 6.45) is 0.632. The summed E-state index contributed by atoms with van der Waals surface area (Å²) >= 11 is 0. The third-order valence-electron chi connectivity index (χ3n) is 2.17. The lowest BCUT2D eigenvalue weighted by Gasteiger charge is -2.05.